The maximum Gasteiger partial charge on any atom is 0.269 e. The molecule has 2 aromatic rings. The van der Waals surface area contributed by atoms with E-state index in [1.165, 1.54) is 31.4 Å². The zero-order chi connectivity index (χ0) is 18.7. The molecule has 2 heterocycles. The number of hydrogen-bond donors (Lipinski definition) is 1. The molecule has 136 valence electrons. The number of hydrogen-bond acceptors (Lipinski definition) is 6. The van der Waals surface area contributed by atoms with Crippen molar-refractivity contribution in [1.29, 1.82) is 0 Å². The summed E-state index contributed by atoms with van der Waals surface area (Å²) in [5.74, 6) is 0.127. The van der Waals surface area contributed by atoms with Gasteiger partial charge in [-0.15, -0.1) is 0 Å². The molecule has 3 rings (SSSR count). The number of ether oxygens (including phenoxy) is 1. The van der Waals surface area contributed by atoms with Crippen LogP contribution in [0.1, 0.15) is 5.56 Å². The second-order valence-electron chi connectivity index (χ2n) is 5.69. The SMILES string of the molecule is COc1ccc(S(=O)(=O)C2C=CC(C(=O)NCc3cnn(C)c3)=N2)cc1. The van der Waals surface area contributed by atoms with Crippen molar-refractivity contribution in [2.24, 2.45) is 12.0 Å². The Labute approximate surface area is 151 Å². The fraction of sp³-hybridized carbons (Fsp3) is 0.235. The summed E-state index contributed by atoms with van der Waals surface area (Å²) in [6.45, 7) is 0.287. The van der Waals surface area contributed by atoms with Gasteiger partial charge >= 0.3 is 0 Å². The fourth-order valence-electron chi connectivity index (χ4n) is 2.44. The molecule has 8 nitrogen and oxygen atoms in total. The Kier molecular flexibility index (Phi) is 4.90. The summed E-state index contributed by atoms with van der Waals surface area (Å²) in [7, 11) is -0.432. The van der Waals surface area contributed by atoms with Gasteiger partial charge in [-0.3, -0.25) is 14.5 Å². The molecule has 26 heavy (non-hydrogen) atoms. The smallest absolute Gasteiger partial charge is 0.269 e. The number of amides is 1. The van der Waals surface area contributed by atoms with Gasteiger partial charge in [-0.1, -0.05) is 0 Å². The number of nitrogens with zero attached hydrogens (tertiary/aromatic N) is 3. The van der Waals surface area contributed by atoms with Gasteiger partial charge in [-0.2, -0.15) is 5.10 Å². The first-order chi connectivity index (χ1) is 12.4. The first kappa shape index (κ1) is 17.9. The van der Waals surface area contributed by atoms with E-state index < -0.39 is 21.1 Å². The van der Waals surface area contributed by atoms with Crippen LogP contribution < -0.4 is 10.1 Å². The maximum atomic E-state index is 12.6. The number of sulfone groups is 1. The van der Waals surface area contributed by atoms with E-state index in [1.807, 2.05) is 0 Å². The molecule has 0 saturated heterocycles. The van der Waals surface area contributed by atoms with Gasteiger partial charge in [-0.25, -0.2) is 8.42 Å². The number of methoxy groups -OCH3 is 1. The molecule has 1 aliphatic heterocycles. The van der Waals surface area contributed by atoms with Crippen LogP contribution in [0.5, 0.6) is 5.75 Å². The van der Waals surface area contributed by atoms with Gasteiger partial charge in [0.25, 0.3) is 5.91 Å². The van der Waals surface area contributed by atoms with E-state index in [0.29, 0.717) is 5.75 Å². The normalized spacial score (nSPS) is 16.4. The van der Waals surface area contributed by atoms with Crippen LogP contribution in [-0.4, -0.2) is 42.3 Å². The van der Waals surface area contributed by atoms with Gasteiger partial charge in [0.05, 0.1) is 18.2 Å². The zero-order valence-corrected chi connectivity index (χ0v) is 15.1. The molecule has 0 saturated carbocycles. The molecule has 0 bridgehead atoms. The van der Waals surface area contributed by atoms with E-state index in [1.54, 1.807) is 36.3 Å². The Balaban J connectivity index is 1.69. The van der Waals surface area contributed by atoms with Crippen LogP contribution >= 0.6 is 0 Å². The fourth-order valence-corrected chi connectivity index (χ4v) is 3.78. The molecule has 1 unspecified atom stereocenters. The largest absolute Gasteiger partial charge is 0.497 e. The molecule has 0 radical (unpaired) electrons. The van der Waals surface area contributed by atoms with E-state index >= 15 is 0 Å². The summed E-state index contributed by atoms with van der Waals surface area (Å²) in [6.07, 6.45) is 6.25. The van der Waals surface area contributed by atoms with Gasteiger partial charge in [0.1, 0.15) is 11.5 Å². The first-order valence-electron chi connectivity index (χ1n) is 7.80. The van der Waals surface area contributed by atoms with Crippen molar-refractivity contribution in [2.75, 3.05) is 7.11 Å². The Morgan fingerprint density at radius 3 is 2.65 bits per heavy atom. The van der Waals surface area contributed by atoms with Crippen molar-refractivity contribution in [3.63, 3.8) is 0 Å². The summed E-state index contributed by atoms with van der Waals surface area (Å²) < 4.78 is 31.9. The van der Waals surface area contributed by atoms with Crippen molar-refractivity contribution in [3.8, 4) is 5.75 Å². The molecule has 1 aliphatic rings. The molecule has 0 spiro atoms. The second-order valence-corrected chi connectivity index (χ2v) is 7.73. The molecular weight excluding hydrogens is 356 g/mol. The van der Waals surface area contributed by atoms with Crippen LogP contribution in [0.4, 0.5) is 0 Å². The summed E-state index contributed by atoms with van der Waals surface area (Å²) in [6, 6.07) is 6.05. The lowest BCUT2D eigenvalue weighted by Crippen LogP contribution is -2.29. The highest BCUT2D eigenvalue weighted by Crippen LogP contribution is 2.23. The molecule has 1 aromatic heterocycles. The lowest BCUT2D eigenvalue weighted by Gasteiger charge is -2.08. The van der Waals surface area contributed by atoms with Gasteiger partial charge in [0.15, 0.2) is 5.37 Å². The third-order valence-corrected chi connectivity index (χ3v) is 5.66. The lowest BCUT2D eigenvalue weighted by atomic mass is 10.3. The van der Waals surface area contributed by atoms with Crippen molar-refractivity contribution in [2.45, 2.75) is 16.8 Å². The van der Waals surface area contributed by atoms with Gasteiger partial charge in [0, 0.05) is 25.4 Å². The number of carbonyl (C=O) groups is 1. The second kappa shape index (κ2) is 7.12. The molecule has 9 heteroatoms. The lowest BCUT2D eigenvalue weighted by molar-refractivity contribution is -0.114. The highest BCUT2D eigenvalue weighted by Gasteiger charge is 2.29. The minimum absolute atomic E-state index is 0.0796. The Hall–Kier alpha value is -2.94. The van der Waals surface area contributed by atoms with Crippen molar-refractivity contribution >= 4 is 21.5 Å². The number of benzene rings is 1. The van der Waals surface area contributed by atoms with Crippen LogP contribution in [0.25, 0.3) is 0 Å². The molecule has 1 amide bonds. The Morgan fingerprint density at radius 2 is 2.04 bits per heavy atom. The summed E-state index contributed by atoms with van der Waals surface area (Å²) in [4.78, 5) is 16.4. The molecular formula is C17H18N4O4S. The topological polar surface area (TPSA) is 103 Å². The van der Waals surface area contributed by atoms with Crippen molar-refractivity contribution < 1.29 is 17.9 Å². The third kappa shape index (κ3) is 3.67. The van der Waals surface area contributed by atoms with E-state index in [-0.39, 0.29) is 17.2 Å². The minimum Gasteiger partial charge on any atom is -0.497 e. The molecule has 1 aromatic carbocycles. The number of carbonyl (C=O) groups excluding carboxylic acids is 1. The van der Waals surface area contributed by atoms with E-state index in [2.05, 4.69) is 15.4 Å². The van der Waals surface area contributed by atoms with Crippen LogP contribution in [0.2, 0.25) is 0 Å². The van der Waals surface area contributed by atoms with Crippen molar-refractivity contribution in [1.82, 2.24) is 15.1 Å². The summed E-state index contributed by atoms with van der Waals surface area (Å²) in [5, 5.41) is 5.59. The number of nitrogens with one attached hydrogen (secondary N) is 1. The van der Waals surface area contributed by atoms with Crippen LogP contribution in [0.15, 0.2) is 58.7 Å². The molecule has 1 atom stereocenters. The number of aryl methyl sites for hydroxylation is 1. The Bertz CT molecular complexity index is 974. The first-order valence-corrected chi connectivity index (χ1v) is 9.34. The monoisotopic (exact) mass is 374 g/mol. The van der Waals surface area contributed by atoms with Gasteiger partial charge < -0.3 is 10.1 Å². The highest BCUT2D eigenvalue weighted by atomic mass is 32.2. The summed E-state index contributed by atoms with van der Waals surface area (Å²) >= 11 is 0. The van der Waals surface area contributed by atoms with E-state index in [4.69, 9.17) is 4.74 Å². The maximum absolute atomic E-state index is 12.6. The molecule has 1 N–H and O–H groups in total. The summed E-state index contributed by atoms with van der Waals surface area (Å²) in [5.41, 5.74) is 0.918. The number of aliphatic imine (C=N–C) groups is 1. The highest BCUT2D eigenvalue weighted by molar-refractivity contribution is 7.92. The van der Waals surface area contributed by atoms with Gasteiger partial charge in [0.2, 0.25) is 9.84 Å². The predicted molar refractivity (Wildman–Crippen MR) is 95.6 cm³/mol. The average Bonchev–Trinajstić information content (AvgIpc) is 3.29. The molecule has 0 aliphatic carbocycles. The van der Waals surface area contributed by atoms with Crippen LogP contribution in [0, 0.1) is 0 Å². The van der Waals surface area contributed by atoms with Crippen molar-refractivity contribution in [3.05, 3.63) is 54.4 Å². The van der Waals surface area contributed by atoms with E-state index in [9.17, 15) is 13.2 Å². The van der Waals surface area contributed by atoms with Crippen LogP contribution in [-0.2, 0) is 28.2 Å². The van der Waals surface area contributed by atoms with Crippen LogP contribution in [0.3, 0.4) is 0 Å². The predicted octanol–water partition coefficient (Wildman–Crippen LogP) is 0.856. The quantitative estimate of drug-likeness (QED) is 0.808. The zero-order valence-electron chi connectivity index (χ0n) is 14.3. The van der Waals surface area contributed by atoms with Gasteiger partial charge in [-0.05, 0) is 36.4 Å². The molecule has 0 fully saturated rings. The number of rotatable bonds is 6. The third-order valence-electron chi connectivity index (χ3n) is 3.84. The number of aromatic nitrogens is 2. The standard InChI is InChI=1S/C17H18N4O4S/c1-21-11-12(10-19-21)9-18-17(22)15-7-8-16(20-15)26(23,24)14-5-3-13(25-2)4-6-14/h3-8,10-11,16H,9H2,1-2H3,(H,18,22). The Morgan fingerprint density at radius 1 is 1.31 bits per heavy atom. The minimum atomic E-state index is -3.72. The average molecular weight is 374 g/mol. The van der Waals surface area contributed by atoms with E-state index in [0.717, 1.165) is 5.56 Å².